The molecule has 10 nitrogen and oxygen atoms in total. The fourth-order valence-electron chi connectivity index (χ4n) is 4.06. The molecule has 0 fully saturated rings. The van der Waals surface area contributed by atoms with E-state index in [1.54, 1.807) is 55.5 Å². The van der Waals surface area contributed by atoms with Crippen LogP contribution in [0, 0.1) is 6.92 Å². The van der Waals surface area contributed by atoms with Crippen molar-refractivity contribution < 1.29 is 14.3 Å². The van der Waals surface area contributed by atoms with Gasteiger partial charge in [0.25, 0.3) is 17.4 Å². The van der Waals surface area contributed by atoms with Crippen LogP contribution in [0.5, 0.6) is 5.75 Å². The number of nitrogens with one attached hydrogen (secondary N) is 2. The van der Waals surface area contributed by atoms with Gasteiger partial charge in [-0.1, -0.05) is 36.4 Å². The van der Waals surface area contributed by atoms with Gasteiger partial charge in [-0.2, -0.15) is 5.10 Å². The van der Waals surface area contributed by atoms with E-state index in [-0.39, 0.29) is 23.4 Å². The van der Waals surface area contributed by atoms with Crippen molar-refractivity contribution in [1.29, 1.82) is 0 Å². The Labute approximate surface area is 211 Å². The third kappa shape index (κ3) is 4.64. The number of pyridine rings is 1. The van der Waals surface area contributed by atoms with E-state index >= 15 is 0 Å². The number of benzene rings is 2. The van der Waals surface area contributed by atoms with E-state index in [1.165, 1.54) is 4.68 Å². The van der Waals surface area contributed by atoms with Gasteiger partial charge in [-0.05, 0) is 43.7 Å². The molecule has 0 saturated carbocycles. The molecule has 186 valence electrons. The molecule has 3 heterocycles. The van der Waals surface area contributed by atoms with E-state index in [0.717, 1.165) is 11.2 Å². The highest BCUT2D eigenvalue weighted by atomic mass is 16.5. The van der Waals surface area contributed by atoms with Crippen LogP contribution in [0.3, 0.4) is 0 Å². The third-order valence-corrected chi connectivity index (χ3v) is 5.91. The second-order valence-electron chi connectivity index (χ2n) is 8.36. The molecule has 0 saturated heterocycles. The normalized spacial score (nSPS) is 11.0. The van der Waals surface area contributed by atoms with E-state index in [2.05, 4.69) is 20.9 Å². The summed E-state index contributed by atoms with van der Waals surface area (Å²) in [4.78, 5) is 43.0. The Morgan fingerprint density at radius 2 is 1.68 bits per heavy atom. The lowest BCUT2D eigenvalue weighted by atomic mass is 10.1. The summed E-state index contributed by atoms with van der Waals surface area (Å²) in [5, 5.41) is 4.95. The standard InChI is InChI=1S/C27H24N6O4/c1-3-33-27(36)20-11-5-4-10-19(20)23(31-33)26(35)30-29-25(34)21-12-6-7-13-22(21)37-16-18-15-32-14-8-9-17(2)24(32)28-18/h4-15H,3,16H2,1-2H3,(H,29,34)(H,30,35). The maximum atomic E-state index is 12.9. The Balaban J connectivity index is 1.31. The number of hydrogen-bond acceptors (Lipinski definition) is 6. The molecule has 5 rings (SSSR count). The second kappa shape index (κ2) is 9.94. The molecule has 2 amide bonds. The molecule has 2 N–H and O–H groups in total. The number of amides is 2. The van der Waals surface area contributed by atoms with E-state index in [9.17, 15) is 14.4 Å². The second-order valence-corrected chi connectivity index (χ2v) is 8.36. The Hall–Kier alpha value is -4.99. The number of fused-ring (bicyclic) bond motifs is 2. The first-order chi connectivity index (χ1) is 18.0. The van der Waals surface area contributed by atoms with Gasteiger partial charge < -0.3 is 9.14 Å². The highest BCUT2D eigenvalue weighted by Gasteiger charge is 2.18. The van der Waals surface area contributed by atoms with Crippen molar-refractivity contribution in [3.8, 4) is 5.75 Å². The summed E-state index contributed by atoms with van der Waals surface area (Å²) >= 11 is 0. The third-order valence-electron chi connectivity index (χ3n) is 5.91. The average molecular weight is 497 g/mol. The molecular weight excluding hydrogens is 472 g/mol. The lowest BCUT2D eigenvalue weighted by Crippen LogP contribution is -2.43. The van der Waals surface area contributed by atoms with Crippen LogP contribution >= 0.6 is 0 Å². The number of nitrogens with zero attached hydrogens (tertiary/aromatic N) is 4. The predicted octanol–water partition coefficient (Wildman–Crippen LogP) is 3.03. The molecular formula is C27H24N6O4. The number of imidazole rings is 1. The van der Waals surface area contributed by atoms with Crippen molar-refractivity contribution >= 4 is 28.2 Å². The van der Waals surface area contributed by atoms with Crippen LogP contribution in [0.1, 0.15) is 39.0 Å². The van der Waals surface area contributed by atoms with E-state index in [1.807, 2.05) is 35.9 Å². The minimum Gasteiger partial charge on any atom is -0.486 e. The summed E-state index contributed by atoms with van der Waals surface area (Å²) < 4.78 is 9.04. The van der Waals surface area contributed by atoms with Crippen molar-refractivity contribution in [3.05, 3.63) is 106 Å². The molecule has 10 heteroatoms. The van der Waals surface area contributed by atoms with Gasteiger partial charge in [0, 0.05) is 24.3 Å². The minimum atomic E-state index is -0.648. The van der Waals surface area contributed by atoms with Gasteiger partial charge in [0.2, 0.25) is 0 Å². The Morgan fingerprint density at radius 3 is 2.46 bits per heavy atom. The highest BCUT2D eigenvalue weighted by Crippen LogP contribution is 2.20. The topological polar surface area (TPSA) is 120 Å². The van der Waals surface area contributed by atoms with Crippen molar-refractivity contribution in [2.45, 2.75) is 27.0 Å². The molecule has 0 radical (unpaired) electrons. The first-order valence-corrected chi connectivity index (χ1v) is 11.7. The van der Waals surface area contributed by atoms with Crippen molar-refractivity contribution in [2.24, 2.45) is 0 Å². The number of aryl methyl sites for hydroxylation is 2. The average Bonchev–Trinajstić information content (AvgIpc) is 3.35. The maximum Gasteiger partial charge on any atom is 0.290 e. The molecule has 0 unspecified atom stereocenters. The lowest BCUT2D eigenvalue weighted by molar-refractivity contribution is 0.0841. The molecule has 0 aliphatic carbocycles. The van der Waals surface area contributed by atoms with Crippen molar-refractivity contribution in [1.82, 2.24) is 30.0 Å². The molecule has 0 atom stereocenters. The summed E-state index contributed by atoms with van der Waals surface area (Å²) in [5.41, 5.74) is 7.38. The van der Waals surface area contributed by atoms with E-state index < -0.39 is 11.8 Å². The number of hydrogen-bond donors (Lipinski definition) is 2. The Bertz CT molecular complexity index is 1700. The largest absolute Gasteiger partial charge is 0.486 e. The number of para-hydroxylation sites is 1. The van der Waals surface area contributed by atoms with Gasteiger partial charge in [0.15, 0.2) is 5.69 Å². The molecule has 3 aromatic heterocycles. The van der Waals surface area contributed by atoms with Crippen LogP contribution in [-0.2, 0) is 13.2 Å². The highest BCUT2D eigenvalue weighted by molar-refractivity contribution is 6.06. The van der Waals surface area contributed by atoms with Gasteiger partial charge in [0.1, 0.15) is 18.0 Å². The van der Waals surface area contributed by atoms with E-state index in [0.29, 0.717) is 28.8 Å². The predicted molar refractivity (Wildman–Crippen MR) is 137 cm³/mol. The number of aromatic nitrogens is 4. The van der Waals surface area contributed by atoms with Gasteiger partial charge in [0.05, 0.1) is 16.6 Å². The molecule has 0 aliphatic rings. The van der Waals surface area contributed by atoms with Gasteiger partial charge in [-0.25, -0.2) is 9.67 Å². The Morgan fingerprint density at radius 1 is 0.946 bits per heavy atom. The zero-order valence-corrected chi connectivity index (χ0v) is 20.3. The monoisotopic (exact) mass is 496 g/mol. The summed E-state index contributed by atoms with van der Waals surface area (Å²) in [6.07, 6.45) is 3.78. The smallest absolute Gasteiger partial charge is 0.290 e. The molecule has 0 spiro atoms. The number of rotatable bonds is 6. The summed E-state index contributed by atoms with van der Waals surface area (Å²) in [5.74, 6) is -0.876. The zero-order chi connectivity index (χ0) is 25.9. The maximum absolute atomic E-state index is 12.9. The van der Waals surface area contributed by atoms with Crippen LogP contribution in [0.4, 0.5) is 0 Å². The Kier molecular flexibility index (Phi) is 6.38. The number of ether oxygens (including phenoxy) is 1. The summed E-state index contributed by atoms with van der Waals surface area (Å²) in [6.45, 7) is 4.20. The van der Waals surface area contributed by atoms with Crippen LogP contribution in [0.2, 0.25) is 0 Å². The molecule has 5 aromatic rings. The van der Waals surface area contributed by atoms with Crippen LogP contribution in [-0.4, -0.2) is 31.0 Å². The fraction of sp³-hybridized carbons (Fsp3) is 0.148. The summed E-state index contributed by atoms with van der Waals surface area (Å²) in [7, 11) is 0. The molecule has 37 heavy (non-hydrogen) atoms. The number of carbonyl (C=O) groups excluding carboxylic acids is 2. The van der Waals surface area contributed by atoms with E-state index in [4.69, 9.17) is 4.74 Å². The van der Waals surface area contributed by atoms with Crippen LogP contribution in [0.15, 0.2) is 77.9 Å². The fourth-order valence-corrected chi connectivity index (χ4v) is 4.06. The van der Waals surface area contributed by atoms with Gasteiger partial charge >= 0.3 is 0 Å². The molecule has 0 aliphatic heterocycles. The number of hydrazine groups is 1. The van der Waals surface area contributed by atoms with Gasteiger partial charge in [-0.3, -0.25) is 25.2 Å². The SMILES string of the molecule is CCn1nc(C(=O)NNC(=O)c2ccccc2OCc2cn3cccc(C)c3n2)c2ccccc2c1=O. The van der Waals surface area contributed by atoms with Crippen LogP contribution < -0.4 is 21.1 Å². The summed E-state index contributed by atoms with van der Waals surface area (Å²) in [6, 6.07) is 17.4. The van der Waals surface area contributed by atoms with Gasteiger partial charge in [-0.15, -0.1) is 0 Å². The lowest BCUT2D eigenvalue weighted by Gasteiger charge is -2.13. The van der Waals surface area contributed by atoms with Crippen LogP contribution in [0.25, 0.3) is 16.4 Å². The number of carbonyl (C=O) groups is 2. The van der Waals surface area contributed by atoms with Crippen molar-refractivity contribution in [3.63, 3.8) is 0 Å². The first kappa shape index (κ1) is 23.7. The quantitative estimate of drug-likeness (QED) is 0.349. The molecule has 2 aromatic carbocycles. The zero-order valence-electron chi connectivity index (χ0n) is 20.3. The minimum absolute atomic E-state index is 0.0315. The van der Waals surface area contributed by atoms with Crippen molar-refractivity contribution in [2.75, 3.05) is 0 Å². The first-order valence-electron chi connectivity index (χ1n) is 11.7. The molecule has 0 bridgehead atoms.